The van der Waals surface area contributed by atoms with Crippen LogP contribution in [0.2, 0.25) is 0 Å². The number of nitrogens with zero attached hydrogens (tertiary/aromatic N) is 1. The molecule has 0 fully saturated rings. The summed E-state index contributed by atoms with van der Waals surface area (Å²) in [6.45, 7) is 2.05. The van der Waals surface area contributed by atoms with Crippen LogP contribution in [0.5, 0.6) is 0 Å². The van der Waals surface area contributed by atoms with Gasteiger partial charge in [0.05, 0.1) is 0 Å². The molecule has 6 nitrogen and oxygen atoms in total. The van der Waals surface area contributed by atoms with Crippen molar-refractivity contribution in [2.45, 2.75) is 31.7 Å². The maximum absolute atomic E-state index is 14.5. The van der Waals surface area contributed by atoms with Crippen LogP contribution in [0, 0.1) is 11.6 Å². The van der Waals surface area contributed by atoms with Gasteiger partial charge in [0.2, 0.25) is 5.91 Å². The van der Waals surface area contributed by atoms with Crippen LogP contribution in [-0.2, 0) is 11.2 Å². The summed E-state index contributed by atoms with van der Waals surface area (Å²) in [7, 11) is 0. The molecular weight excluding hydrogens is 426 g/mol. The predicted octanol–water partition coefficient (Wildman–Crippen LogP) is 3.77. The standard InChI is InChI=1S/C25H24F2N4O2/c1-14-7-22(32)31-24-23(14)21(5-6-29-24)16-10-17(12-19(27)11-16)25(33)30-20(13-28)9-15-3-2-4-18(26)8-15/h2-6,8,10-12,14,20H,7,9,13,28H2,1H3,(H,30,33)(H,29,31,32)/t14-,20?/m0/s1. The molecule has 3 aromatic rings. The van der Waals surface area contributed by atoms with Crippen LogP contribution < -0.4 is 16.4 Å². The lowest BCUT2D eigenvalue weighted by atomic mass is 9.87. The Hall–Kier alpha value is -3.65. The highest BCUT2D eigenvalue weighted by atomic mass is 19.1. The summed E-state index contributed by atoms with van der Waals surface area (Å²) in [5.74, 6) is -1.19. The van der Waals surface area contributed by atoms with E-state index in [0.717, 1.165) is 11.6 Å². The van der Waals surface area contributed by atoms with E-state index in [1.807, 2.05) is 6.92 Å². The van der Waals surface area contributed by atoms with Gasteiger partial charge in [-0.1, -0.05) is 19.1 Å². The smallest absolute Gasteiger partial charge is 0.251 e. The van der Waals surface area contributed by atoms with Crippen LogP contribution in [0.1, 0.15) is 40.7 Å². The molecule has 8 heteroatoms. The van der Waals surface area contributed by atoms with Crippen molar-refractivity contribution >= 4 is 17.6 Å². The van der Waals surface area contributed by atoms with E-state index in [9.17, 15) is 18.4 Å². The Morgan fingerprint density at radius 3 is 2.79 bits per heavy atom. The van der Waals surface area contributed by atoms with Gasteiger partial charge < -0.3 is 16.4 Å². The third-order valence-electron chi connectivity index (χ3n) is 5.69. The average Bonchev–Trinajstić information content (AvgIpc) is 2.77. The van der Waals surface area contributed by atoms with Gasteiger partial charge in [-0.2, -0.15) is 0 Å². The maximum Gasteiger partial charge on any atom is 0.251 e. The maximum atomic E-state index is 14.5. The van der Waals surface area contributed by atoms with Crippen molar-refractivity contribution in [2.75, 3.05) is 11.9 Å². The Balaban J connectivity index is 1.61. The average molecular weight is 450 g/mol. The second kappa shape index (κ2) is 9.46. The Kier molecular flexibility index (Phi) is 6.46. The second-order valence-electron chi connectivity index (χ2n) is 8.24. The molecule has 0 spiro atoms. The van der Waals surface area contributed by atoms with Crippen LogP contribution in [0.4, 0.5) is 14.6 Å². The van der Waals surface area contributed by atoms with E-state index in [-0.39, 0.29) is 29.8 Å². The molecule has 2 aromatic carbocycles. The number of amides is 2. The molecule has 33 heavy (non-hydrogen) atoms. The SMILES string of the molecule is C[C@H]1CC(=O)Nc2nccc(-c3cc(F)cc(C(=O)NC(CN)Cc4cccc(F)c4)c3)c21. The van der Waals surface area contributed by atoms with Crippen molar-refractivity contribution in [3.63, 3.8) is 0 Å². The quantitative estimate of drug-likeness (QED) is 0.533. The number of aromatic nitrogens is 1. The fourth-order valence-electron chi connectivity index (χ4n) is 4.17. The first kappa shape index (κ1) is 22.5. The third kappa shape index (κ3) is 5.06. The lowest BCUT2D eigenvalue weighted by Crippen LogP contribution is -2.41. The van der Waals surface area contributed by atoms with E-state index < -0.39 is 17.8 Å². The van der Waals surface area contributed by atoms with Gasteiger partial charge in [0.1, 0.15) is 17.5 Å². The molecule has 2 atom stereocenters. The molecule has 0 bridgehead atoms. The van der Waals surface area contributed by atoms with Gasteiger partial charge in [-0.25, -0.2) is 13.8 Å². The van der Waals surface area contributed by atoms with Gasteiger partial charge in [0.15, 0.2) is 0 Å². The molecule has 1 unspecified atom stereocenters. The Bertz CT molecular complexity index is 1210. The number of rotatable bonds is 6. The highest BCUT2D eigenvalue weighted by Gasteiger charge is 2.26. The number of pyridine rings is 1. The van der Waals surface area contributed by atoms with Crippen molar-refractivity contribution < 1.29 is 18.4 Å². The minimum absolute atomic E-state index is 0.106. The topological polar surface area (TPSA) is 97.1 Å². The minimum Gasteiger partial charge on any atom is -0.348 e. The van der Waals surface area contributed by atoms with Gasteiger partial charge >= 0.3 is 0 Å². The Labute approximate surface area is 190 Å². The van der Waals surface area contributed by atoms with Crippen LogP contribution in [-0.4, -0.2) is 29.4 Å². The molecule has 1 aliphatic heterocycles. The molecule has 0 saturated carbocycles. The summed E-state index contributed by atoms with van der Waals surface area (Å²) in [5.41, 5.74) is 8.67. The fourth-order valence-corrected chi connectivity index (χ4v) is 4.17. The number of carbonyl (C=O) groups excluding carboxylic acids is 2. The molecular formula is C25H24F2N4O2. The second-order valence-corrected chi connectivity index (χ2v) is 8.24. The molecule has 2 amide bonds. The first-order chi connectivity index (χ1) is 15.8. The van der Waals surface area contributed by atoms with E-state index in [1.54, 1.807) is 30.5 Å². The van der Waals surface area contributed by atoms with Crippen molar-refractivity contribution in [1.29, 1.82) is 0 Å². The predicted molar refractivity (Wildman–Crippen MR) is 122 cm³/mol. The number of carbonyl (C=O) groups is 2. The minimum atomic E-state index is -0.565. The number of benzene rings is 2. The van der Waals surface area contributed by atoms with Crippen molar-refractivity contribution in [1.82, 2.24) is 10.3 Å². The first-order valence-electron chi connectivity index (χ1n) is 10.7. The van der Waals surface area contributed by atoms with Gasteiger partial charge in [-0.15, -0.1) is 0 Å². The van der Waals surface area contributed by atoms with E-state index in [1.165, 1.54) is 18.2 Å². The Morgan fingerprint density at radius 1 is 1.21 bits per heavy atom. The summed E-state index contributed by atoms with van der Waals surface area (Å²) in [4.78, 5) is 29.0. The fraction of sp³-hybridized carbons (Fsp3) is 0.240. The number of anilines is 1. The highest BCUT2D eigenvalue weighted by molar-refractivity contribution is 5.97. The van der Waals surface area contributed by atoms with Crippen molar-refractivity contribution in [3.05, 3.63) is 83.1 Å². The van der Waals surface area contributed by atoms with Gasteiger partial charge in [-0.3, -0.25) is 9.59 Å². The summed E-state index contributed by atoms with van der Waals surface area (Å²) in [6, 6.07) is 11.5. The number of halogens is 2. The van der Waals surface area contributed by atoms with Crippen LogP contribution in [0.15, 0.2) is 54.7 Å². The highest BCUT2D eigenvalue weighted by Crippen LogP contribution is 2.38. The molecule has 170 valence electrons. The van der Waals surface area contributed by atoms with Crippen molar-refractivity contribution in [2.24, 2.45) is 5.73 Å². The largest absolute Gasteiger partial charge is 0.348 e. The zero-order valence-corrected chi connectivity index (χ0v) is 18.1. The number of hydrogen-bond donors (Lipinski definition) is 3. The zero-order chi connectivity index (χ0) is 23.5. The van der Waals surface area contributed by atoms with Gasteiger partial charge in [0, 0.05) is 36.3 Å². The molecule has 1 aliphatic rings. The molecule has 1 aromatic heterocycles. The molecule has 2 heterocycles. The number of nitrogens with two attached hydrogens (primary N) is 1. The van der Waals surface area contributed by atoms with Gasteiger partial charge in [-0.05, 0) is 65.4 Å². The summed E-state index contributed by atoms with van der Waals surface area (Å²) < 4.78 is 28.0. The number of nitrogens with one attached hydrogen (secondary N) is 2. The molecule has 0 saturated heterocycles. The number of hydrogen-bond acceptors (Lipinski definition) is 4. The molecule has 0 radical (unpaired) electrons. The molecule has 0 aliphatic carbocycles. The Morgan fingerprint density at radius 2 is 2.03 bits per heavy atom. The number of fused-ring (bicyclic) bond motifs is 1. The normalized spacial score (nSPS) is 16.0. The van der Waals surface area contributed by atoms with E-state index in [0.29, 0.717) is 35.3 Å². The monoisotopic (exact) mass is 450 g/mol. The van der Waals surface area contributed by atoms with Crippen LogP contribution in [0.3, 0.4) is 0 Å². The van der Waals surface area contributed by atoms with Crippen LogP contribution >= 0.6 is 0 Å². The first-order valence-corrected chi connectivity index (χ1v) is 10.7. The third-order valence-corrected chi connectivity index (χ3v) is 5.69. The van der Waals surface area contributed by atoms with E-state index in [2.05, 4.69) is 15.6 Å². The molecule has 4 rings (SSSR count). The summed E-state index contributed by atoms with van der Waals surface area (Å²) >= 11 is 0. The summed E-state index contributed by atoms with van der Waals surface area (Å²) in [6.07, 6.45) is 2.18. The van der Waals surface area contributed by atoms with Crippen molar-refractivity contribution in [3.8, 4) is 11.1 Å². The lowest BCUT2D eigenvalue weighted by Gasteiger charge is -2.24. The zero-order valence-electron chi connectivity index (χ0n) is 18.1. The van der Waals surface area contributed by atoms with Gasteiger partial charge in [0.25, 0.3) is 5.91 Å². The van der Waals surface area contributed by atoms with E-state index >= 15 is 0 Å². The molecule has 4 N–H and O–H groups in total. The lowest BCUT2D eigenvalue weighted by molar-refractivity contribution is -0.116. The summed E-state index contributed by atoms with van der Waals surface area (Å²) in [5, 5.41) is 5.56. The van der Waals surface area contributed by atoms with E-state index in [4.69, 9.17) is 5.73 Å². The van der Waals surface area contributed by atoms with Crippen LogP contribution in [0.25, 0.3) is 11.1 Å².